The van der Waals surface area contributed by atoms with Crippen LogP contribution in [0.2, 0.25) is 0 Å². The normalized spacial score (nSPS) is 10.5. The molecule has 0 fully saturated rings. The topological polar surface area (TPSA) is 84.6 Å². The number of carboxylic acid groups (broad SMARTS) is 1. The molecule has 2 N–H and O–H groups in total. The summed E-state index contributed by atoms with van der Waals surface area (Å²) in [5.74, 6) is -0.643. The molecule has 0 unspecified atom stereocenters. The van der Waals surface area contributed by atoms with E-state index in [1.165, 1.54) is 23.9 Å². The molecule has 0 aliphatic heterocycles. The molecule has 1 aromatic heterocycles. The first-order valence-electron chi connectivity index (χ1n) is 5.28. The molecule has 0 atom stereocenters. The van der Waals surface area contributed by atoms with Crippen molar-refractivity contribution >= 4 is 21.9 Å². The predicted molar refractivity (Wildman–Crippen MR) is 71.5 cm³/mol. The lowest BCUT2D eigenvalue weighted by Crippen LogP contribution is -1.99. The van der Waals surface area contributed by atoms with Crippen molar-refractivity contribution in [2.24, 2.45) is 7.05 Å². The monoisotopic (exact) mass is 326 g/mol. The van der Waals surface area contributed by atoms with Gasteiger partial charge in [0.1, 0.15) is 11.5 Å². The molecule has 0 bridgehead atoms. The minimum atomic E-state index is -1.12. The van der Waals surface area contributed by atoms with E-state index in [-0.39, 0.29) is 11.4 Å². The van der Waals surface area contributed by atoms with Crippen molar-refractivity contribution in [3.63, 3.8) is 0 Å². The maximum Gasteiger partial charge on any atom is 0.356 e. The Kier molecular flexibility index (Phi) is 3.48. The van der Waals surface area contributed by atoms with Crippen molar-refractivity contribution in [2.75, 3.05) is 7.11 Å². The number of phenolic OH excluding ortho intramolecular Hbond substituents is 1. The van der Waals surface area contributed by atoms with Crippen molar-refractivity contribution in [3.8, 4) is 22.8 Å². The van der Waals surface area contributed by atoms with Crippen LogP contribution in [0.3, 0.4) is 0 Å². The van der Waals surface area contributed by atoms with E-state index in [1.54, 1.807) is 13.1 Å². The molecular formula is C12H11BrN2O4. The molecule has 0 radical (unpaired) electrons. The molecule has 0 saturated carbocycles. The fourth-order valence-electron chi connectivity index (χ4n) is 1.73. The van der Waals surface area contributed by atoms with Gasteiger partial charge in [-0.3, -0.25) is 4.68 Å². The number of aryl methyl sites for hydroxylation is 1. The number of aromatic carboxylic acids is 1. The third kappa shape index (κ3) is 2.41. The predicted octanol–water partition coefficient (Wildman–Crippen LogP) is 2.26. The van der Waals surface area contributed by atoms with Crippen LogP contribution in [-0.2, 0) is 7.05 Å². The minimum absolute atomic E-state index is 0.0139. The highest BCUT2D eigenvalue weighted by atomic mass is 79.9. The molecule has 19 heavy (non-hydrogen) atoms. The number of benzene rings is 1. The number of methoxy groups -OCH3 is 1. The first-order valence-corrected chi connectivity index (χ1v) is 6.07. The summed E-state index contributed by atoms with van der Waals surface area (Å²) in [4.78, 5) is 10.9. The summed E-state index contributed by atoms with van der Waals surface area (Å²) in [6.45, 7) is 0. The fraction of sp³-hybridized carbons (Fsp3) is 0.167. The van der Waals surface area contributed by atoms with Gasteiger partial charge in [0.15, 0.2) is 5.69 Å². The highest BCUT2D eigenvalue weighted by Gasteiger charge is 2.17. The van der Waals surface area contributed by atoms with Crippen molar-refractivity contribution in [2.45, 2.75) is 0 Å². The lowest BCUT2D eigenvalue weighted by Gasteiger charge is -2.09. The molecule has 2 aromatic rings. The van der Waals surface area contributed by atoms with Crippen molar-refractivity contribution in [1.82, 2.24) is 9.78 Å². The average molecular weight is 327 g/mol. The van der Waals surface area contributed by atoms with Crippen LogP contribution >= 0.6 is 15.9 Å². The smallest absolute Gasteiger partial charge is 0.356 e. The second-order valence-corrected chi connectivity index (χ2v) is 4.70. The van der Waals surface area contributed by atoms with Crippen molar-refractivity contribution in [3.05, 3.63) is 28.4 Å². The number of aromatic nitrogens is 2. The van der Waals surface area contributed by atoms with Crippen LogP contribution in [0.15, 0.2) is 22.7 Å². The summed E-state index contributed by atoms with van der Waals surface area (Å²) >= 11 is 3.32. The van der Waals surface area contributed by atoms with Crippen LogP contribution in [0.4, 0.5) is 0 Å². The van der Waals surface area contributed by atoms with Gasteiger partial charge in [-0.25, -0.2) is 4.79 Å². The Morgan fingerprint density at radius 3 is 2.63 bits per heavy atom. The quantitative estimate of drug-likeness (QED) is 0.903. The molecule has 6 nitrogen and oxygen atoms in total. The SMILES string of the molecule is COc1cc(O)c(-c2cc(C(=O)O)nn2C)cc1Br. The lowest BCUT2D eigenvalue weighted by atomic mass is 10.1. The number of rotatable bonds is 3. The summed E-state index contributed by atoms with van der Waals surface area (Å²) in [6, 6.07) is 4.50. The van der Waals surface area contributed by atoms with Crippen LogP contribution in [0.25, 0.3) is 11.3 Å². The third-order valence-corrected chi connectivity index (χ3v) is 3.26. The number of hydrogen-bond donors (Lipinski definition) is 2. The molecule has 0 amide bonds. The molecule has 2 rings (SSSR count). The minimum Gasteiger partial charge on any atom is -0.507 e. The van der Waals surface area contributed by atoms with Crippen LogP contribution in [0.5, 0.6) is 11.5 Å². The molecule has 0 aliphatic carbocycles. The van der Waals surface area contributed by atoms with E-state index in [2.05, 4.69) is 21.0 Å². The first kappa shape index (κ1) is 13.4. The van der Waals surface area contributed by atoms with Gasteiger partial charge in [-0.15, -0.1) is 0 Å². The fourth-order valence-corrected chi connectivity index (χ4v) is 2.23. The van der Waals surface area contributed by atoms with Gasteiger partial charge in [0, 0.05) is 18.7 Å². The maximum atomic E-state index is 10.9. The summed E-state index contributed by atoms with van der Waals surface area (Å²) in [6.07, 6.45) is 0. The number of carbonyl (C=O) groups is 1. The van der Waals surface area contributed by atoms with Gasteiger partial charge >= 0.3 is 5.97 Å². The maximum absolute atomic E-state index is 10.9. The number of ether oxygens (including phenoxy) is 1. The van der Waals surface area contributed by atoms with Gasteiger partial charge in [0.05, 0.1) is 17.3 Å². The van der Waals surface area contributed by atoms with E-state index in [1.807, 2.05) is 0 Å². The summed E-state index contributed by atoms with van der Waals surface area (Å²) in [5, 5.41) is 22.8. The van der Waals surface area contributed by atoms with Gasteiger partial charge < -0.3 is 14.9 Å². The van der Waals surface area contributed by atoms with E-state index in [9.17, 15) is 9.90 Å². The zero-order valence-electron chi connectivity index (χ0n) is 10.2. The van der Waals surface area contributed by atoms with E-state index in [4.69, 9.17) is 9.84 Å². The summed E-state index contributed by atoms with van der Waals surface area (Å²) in [5.41, 5.74) is 0.886. The Hall–Kier alpha value is -2.02. The van der Waals surface area contributed by atoms with Crippen molar-refractivity contribution < 1.29 is 19.7 Å². The molecule has 0 aliphatic rings. The van der Waals surface area contributed by atoms with Gasteiger partial charge in [-0.2, -0.15) is 5.10 Å². The molecule has 0 spiro atoms. The van der Waals surface area contributed by atoms with E-state index < -0.39 is 5.97 Å². The summed E-state index contributed by atoms with van der Waals surface area (Å²) < 4.78 is 7.12. The Labute approximate surface area is 117 Å². The Bertz CT molecular complexity index is 651. The van der Waals surface area contributed by atoms with Gasteiger partial charge in [-0.1, -0.05) is 0 Å². The number of carboxylic acids is 1. The number of halogens is 1. The molecule has 100 valence electrons. The highest BCUT2D eigenvalue weighted by Crippen LogP contribution is 2.37. The third-order valence-electron chi connectivity index (χ3n) is 2.65. The van der Waals surface area contributed by atoms with Crippen molar-refractivity contribution in [1.29, 1.82) is 0 Å². The summed E-state index contributed by atoms with van der Waals surface area (Å²) in [7, 11) is 3.10. The lowest BCUT2D eigenvalue weighted by molar-refractivity contribution is 0.0689. The van der Waals surface area contributed by atoms with E-state index >= 15 is 0 Å². The van der Waals surface area contributed by atoms with Gasteiger partial charge in [-0.05, 0) is 28.1 Å². The Balaban J connectivity index is 2.59. The highest BCUT2D eigenvalue weighted by molar-refractivity contribution is 9.10. The molecule has 1 heterocycles. The molecule has 1 aromatic carbocycles. The Morgan fingerprint density at radius 2 is 2.11 bits per heavy atom. The second-order valence-electron chi connectivity index (χ2n) is 3.85. The number of aromatic hydroxyl groups is 1. The number of nitrogens with zero attached hydrogens (tertiary/aromatic N) is 2. The zero-order valence-corrected chi connectivity index (χ0v) is 11.8. The second kappa shape index (κ2) is 4.93. The van der Waals surface area contributed by atoms with Gasteiger partial charge in [0.2, 0.25) is 0 Å². The first-order chi connectivity index (χ1) is 8.93. The molecule has 7 heteroatoms. The van der Waals surface area contributed by atoms with Crippen LogP contribution in [-0.4, -0.2) is 33.1 Å². The van der Waals surface area contributed by atoms with Crippen LogP contribution in [0.1, 0.15) is 10.5 Å². The van der Waals surface area contributed by atoms with E-state index in [0.29, 0.717) is 21.5 Å². The zero-order chi connectivity index (χ0) is 14.2. The molecular weight excluding hydrogens is 316 g/mol. The van der Waals surface area contributed by atoms with Crippen LogP contribution in [0, 0.1) is 0 Å². The average Bonchev–Trinajstić information content (AvgIpc) is 2.74. The number of hydrogen-bond acceptors (Lipinski definition) is 4. The van der Waals surface area contributed by atoms with Crippen LogP contribution < -0.4 is 4.74 Å². The number of phenols is 1. The standard InChI is InChI=1S/C12H11BrN2O4/c1-15-9(4-8(14-15)12(17)18)6-3-7(13)11(19-2)5-10(6)16/h3-5,16H,1-2H3,(H,17,18). The van der Waals surface area contributed by atoms with E-state index in [0.717, 1.165) is 0 Å². The van der Waals surface area contributed by atoms with Gasteiger partial charge in [0.25, 0.3) is 0 Å². The molecule has 0 saturated heterocycles. The Morgan fingerprint density at radius 1 is 1.42 bits per heavy atom. The largest absolute Gasteiger partial charge is 0.507 e.